The highest BCUT2D eigenvalue weighted by molar-refractivity contribution is 5.92. The summed E-state index contributed by atoms with van der Waals surface area (Å²) in [5.41, 5.74) is 4.96. The molecular weight excluding hydrogens is 208 g/mol. The van der Waals surface area contributed by atoms with Gasteiger partial charge in [-0.3, -0.25) is 4.98 Å². The molecule has 1 aliphatic rings. The van der Waals surface area contributed by atoms with Crippen LogP contribution in [0.1, 0.15) is 36.9 Å². The number of aryl methyl sites for hydroxylation is 1. The van der Waals surface area contributed by atoms with E-state index in [1.165, 1.54) is 35.2 Å². The third-order valence-electron chi connectivity index (χ3n) is 3.57. The zero-order chi connectivity index (χ0) is 11.8. The maximum absolute atomic E-state index is 4.78. The number of pyridine rings is 1. The number of rotatable bonds is 3. The van der Waals surface area contributed by atoms with Gasteiger partial charge in [-0.05, 0) is 43.0 Å². The molecule has 1 N–H and O–H groups in total. The van der Waals surface area contributed by atoms with Crippen molar-refractivity contribution in [3.63, 3.8) is 0 Å². The van der Waals surface area contributed by atoms with Gasteiger partial charge in [0.1, 0.15) is 0 Å². The molecule has 1 aromatic heterocycles. The van der Waals surface area contributed by atoms with Crippen LogP contribution in [0.5, 0.6) is 0 Å². The van der Waals surface area contributed by atoms with Crippen molar-refractivity contribution in [2.45, 2.75) is 32.1 Å². The Balaban J connectivity index is 2.20. The smallest absolute Gasteiger partial charge is 0.0726 e. The van der Waals surface area contributed by atoms with Crippen LogP contribution >= 0.6 is 0 Å². The summed E-state index contributed by atoms with van der Waals surface area (Å²) in [6, 6.07) is 8.82. The van der Waals surface area contributed by atoms with Gasteiger partial charge in [0.05, 0.1) is 5.52 Å². The monoisotopic (exact) mass is 226 g/mol. The Kier molecular flexibility index (Phi) is 2.50. The first kappa shape index (κ1) is 10.6. The topological polar surface area (TPSA) is 24.9 Å². The fraction of sp³-hybridized carbons (Fsp3) is 0.400. The molecule has 1 heterocycles. The van der Waals surface area contributed by atoms with E-state index in [9.17, 15) is 0 Å². The second-order valence-electron chi connectivity index (χ2n) is 4.82. The largest absolute Gasteiger partial charge is 0.388 e. The van der Waals surface area contributed by atoms with Crippen LogP contribution in [0.2, 0.25) is 0 Å². The predicted molar refractivity (Wildman–Crippen MR) is 72.6 cm³/mol. The van der Waals surface area contributed by atoms with Crippen LogP contribution in [0.4, 0.5) is 5.69 Å². The van der Waals surface area contributed by atoms with Gasteiger partial charge in [-0.2, -0.15) is 0 Å². The van der Waals surface area contributed by atoms with Gasteiger partial charge in [0.15, 0.2) is 0 Å². The van der Waals surface area contributed by atoms with Gasteiger partial charge in [0, 0.05) is 29.7 Å². The Hall–Kier alpha value is -1.57. The molecule has 1 aromatic carbocycles. The fourth-order valence-corrected chi connectivity index (χ4v) is 2.31. The average molecular weight is 226 g/mol. The van der Waals surface area contributed by atoms with E-state index in [2.05, 4.69) is 36.5 Å². The van der Waals surface area contributed by atoms with E-state index < -0.39 is 0 Å². The second-order valence-corrected chi connectivity index (χ2v) is 4.82. The second kappa shape index (κ2) is 4.02. The number of nitrogens with zero attached hydrogens (tertiary/aromatic N) is 1. The van der Waals surface area contributed by atoms with E-state index >= 15 is 0 Å². The minimum absolute atomic E-state index is 0.706. The molecule has 88 valence electrons. The summed E-state index contributed by atoms with van der Waals surface area (Å²) < 4.78 is 0. The van der Waals surface area contributed by atoms with E-state index in [4.69, 9.17) is 4.98 Å². The predicted octanol–water partition coefficient (Wildman–Crippen LogP) is 3.72. The molecule has 0 atom stereocenters. The molecule has 17 heavy (non-hydrogen) atoms. The van der Waals surface area contributed by atoms with Crippen LogP contribution < -0.4 is 5.32 Å². The van der Waals surface area contributed by atoms with Crippen LogP contribution in [-0.2, 0) is 6.42 Å². The fourth-order valence-electron chi connectivity index (χ4n) is 2.31. The normalized spacial score (nSPS) is 15.2. The summed E-state index contributed by atoms with van der Waals surface area (Å²) in [6.07, 6.45) is 3.67. The van der Waals surface area contributed by atoms with Crippen LogP contribution in [-0.4, -0.2) is 12.0 Å². The minimum Gasteiger partial charge on any atom is -0.388 e. The van der Waals surface area contributed by atoms with E-state index in [0.717, 1.165) is 11.9 Å². The lowest BCUT2D eigenvalue weighted by Gasteiger charge is -2.10. The van der Waals surface area contributed by atoms with Gasteiger partial charge < -0.3 is 5.32 Å². The molecule has 0 amide bonds. The molecule has 0 spiro atoms. The van der Waals surface area contributed by atoms with Crippen molar-refractivity contribution in [1.29, 1.82) is 0 Å². The zero-order valence-corrected chi connectivity index (χ0v) is 10.5. The number of anilines is 1. The van der Waals surface area contributed by atoms with Crippen molar-refractivity contribution in [2.24, 2.45) is 0 Å². The van der Waals surface area contributed by atoms with E-state index in [1.807, 2.05) is 7.05 Å². The number of fused-ring (bicyclic) bond motifs is 1. The third kappa shape index (κ3) is 1.88. The van der Waals surface area contributed by atoms with Crippen molar-refractivity contribution < 1.29 is 0 Å². The Morgan fingerprint density at radius 2 is 2.12 bits per heavy atom. The van der Waals surface area contributed by atoms with Crippen LogP contribution in [0.15, 0.2) is 24.3 Å². The quantitative estimate of drug-likeness (QED) is 0.862. The lowest BCUT2D eigenvalue weighted by molar-refractivity contribution is 1.04. The molecule has 1 aliphatic carbocycles. The molecule has 1 saturated carbocycles. The minimum atomic E-state index is 0.706. The zero-order valence-electron chi connectivity index (χ0n) is 10.5. The van der Waals surface area contributed by atoms with Gasteiger partial charge >= 0.3 is 0 Å². The SMILES string of the molecule is CCc1ccc2nc(C3CC3)cc(NC)c2c1. The summed E-state index contributed by atoms with van der Waals surface area (Å²) in [5, 5.41) is 4.55. The summed E-state index contributed by atoms with van der Waals surface area (Å²) in [6.45, 7) is 2.19. The van der Waals surface area contributed by atoms with E-state index in [1.54, 1.807) is 0 Å². The molecule has 2 heteroatoms. The Morgan fingerprint density at radius 1 is 1.29 bits per heavy atom. The number of aromatic nitrogens is 1. The summed E-state index contributed by atoms with van der Waals surface area (Å²) in [4.78, 5) is 4.78. The molecule has 2 nitrogen and oxygen atoms in total. The first-order chi connectivity index (χ1) is 8.31. The third-order valence-corrected chi connectivity index (χ3v) is 3.57. The molecule has 3 rings (SSSR count). The molecule has 0 bridgehead atoms. The van der Waals surface area contributed by atoms with Crippen LogP contribution in [0.25, 0.3) is 10.9 Å². The lowest BCUT2D eigenvalue weighted by atomic mass is 10.1. The van der Waals surface area contributed by atoms with Crippen molar-refractivity contribution in [2.75, 3.05) is 12.4 Å². The Morgan fingerprint density at radius 3 is 2.76 bits per heavy atom. The van der Waals surface area contributed by atoms with Crippen molar-refractivity contribution in [1.82, 2.24) is 4.98 Å². The highest BCUT2D eigenvalue weighted by atomic mass is 14.8. The molecule has 2 aromatic rings. The summed E-state index contributed by atoms with van der Waals surface area (Å²) >= 11 is 0. The van der Waals surface area contributed by atoms with Gasteiger partial charge in [-0.15, -0.1) is 0 Å². The first-order valence-corrected chi connectivity index (χ1v) is 6.43. The van der Waals surface area contributed by atoms with Crippen molar-refractivity contribution in [3.8, 4) is 0 Å². The molecule has 0 radical (unpaired) electrons. The average Bonchev–Trinajstić information content (AvgIpc) is 3.21. The van der Waals surface area contributed by atoms with Gasteiger partial charge in [0.25, 0.3) is 0 Å². The van der Waals surface area contributed by atoms with Crippen molar-refractivity contribution in [3.05, 3.63) is 35.5 Å². The number of hydrogen-bond donors (Lipinski definition) is 1. The summed E-state index contributed by atoms with van der Waals surface area (Å²) in [5.74, 6) is 0.706. The molecule has 0 aliphatic heterocycles. The molecule has 0 saturated heterocycles. The van der Waals surface area contributed by atoms with Crippen molar-refractivity contribution >= 4 is 16.6 Å². The maximum Gasteiger partial charge on any atom is 0.0726 e. The Labute approximate surface area is 102 Å². The molecular formula is C15H18N2. The van der Waals surface area contributed by atoms with Crippen LogP contribution in [0.3, 0.4) is 0 Å². The number of benzene rings is 1. The van der Waals surface area contributed by atoms with Crippen LogP contribution in [0, 0.1) is 0 Å². The molecule has 1 fully saturated rings. The number of hydrogen-bond acceptors (Lipinski definition) is 2. The van der Waals surface area contributed by atoms with Gasteiger partial charge in [0.2, 0.25) is 0 Å². The molecule has 0 unspecified atom stereocenters. The van der Waals surface area contributed by atoms with E-state index in [0.29, 0.717) is 5.92 Å². The first-order valence-electron chi connectivity index (χ1n) is 6.43. The van der Waals surface area contributed by atoms with Gasteiger partial charge in [-0.25, -0.2) is 0 Å². The highest BCUT2D eigenvalue weighted by Crippen LogP contribution is 2.41. The standard InChI is InChI=1S/C15H18N2/c1-3-10-4-7-13-12(8-10)15(16-2)9-14(17-13)11-5-6-11/h4,7-9,11H,3,5-6H2,1-2H3,(H,16,17). The number of nitrogens with one attached hydrogen (secondary N) is 1. The van der Waals surface area contributed by atoms with E-state index in [-0.39, 0.29) is 0 Å². The lowest BCUT2D eigenvalue weighted by Crippen LogP contribution is -1.96. The van der Waals surface area contributed by atoms with Gasteiger partial charge in [-0.1, -0.05) is 13.0 Å². The Bertz CT molecular complexity index is 556. The highest BCUT2D eigenvalue weighted by Gasteiger charge is 2.25. The maximum atomic E-state index is 4.78. The summed E-state index contributed by atoms with van der Waals surface area (Å²) in [7, 11) is 1.99.